The topological polar surface area (TPSA) is 99.0 Å². The van der Waals surface area contributed by atoms with E-state index in [-0.39, 0.29) is 11.8 Å². The number of nitrogen functional groups attached to an aromatic ring is 1. The van der Waals surface area contributed by atoms with Crippen molar-refractivity contribution in [2.45, 2.75) is 38.8 Å². The molecule has 3 N–H and O–H groups in total. The number of ether oxygens (including phenoxy) is 2. The highest BCUT2D eigenvalue weighted by Crippen LogP contribution is 2.27. The molecule has 1 aliphatic rings. The van der Waals surface area contributed by atoms with E-state index in [4.69, 9.17) is 20.6 Å². The minimum atomic E-state index is -0.0455. The maximum Gasteiger partial charge on any atom is 0.225 e. The number of nitrogens with one attached hydrogen (secondary N) is 1. The molecule has 7 nitrogen and oxygen atoms in total. The predicted molar refractivity (Wildman–Crippen MR) is 91.7 cm³/mol. The zero-order chi connectivity index (χ0) is 17.1. The fourth-order valence-corrected chi connectivity index (χ4v) is 2.78. The average molecular weight is 329 g/mol. The molecule has 1 saturated heterocycles. The van der Waals surface area contributed by atoms with Crippen molar-refractivity contribution >= 4 is 11.4 Å². The normalized spacial score (nSPS) is 15.6. The standard InChI is InChI=1S/C17H23N5O2/c1-11(2)24-17-15(14(18)3-6-20-17)16(19)12-9-21-22(10-12)13-4-7-23-8-5-13/h3,6,9-11,13,19H,4-5,7-8H2,1-2H3,(H2,18,20). The maximum absolute atomic E-state index is 8.55. The van der Waals surface area contributed by atoms with Crippen molar-refractivity contribution < 1.29 is 9.47 Å². The molecule has 0 aliphatic carbocycles. The Kier molecular flexibility index (Phi) is 4.80. The summed E-state index contributed by atoms with van der Waals surface area (Å²) in [5.41, 5.74) is 8.04. The number of rotatable bonds is 5. The Morgan fingerprint density at radius 1 is 1.42 bits per heavy atom. The molecule has 2 aromatic rings. The van der Waals surface area contributed by atoms with E-state index in [0.717, 1.165) is 26.1 Å². The van der Waals surface area contributed by atoms with Crippen LogP contribution in [-0.4, -0.2) is 39.8 Å². The van der Waals surface area contributed by atoms with Gasteiger partial charge in [0.1, 0.15) is 0 Å². The molecule has 0 amide bonds. The maximum atomic E-state index is 8.55. The van der Waals surface area contributed by atoms with Gasteiger partial charge in [-0.15, -0.1) is 0 Å². The van der Waals surface area contributed by atoms with Crippen molar-refractivity contribution in [2.75, 3.05) is 18.9 Å². The Bertz CT molecular complexity index is 720. The third-order valence-electron chi connectivity index (χ3n) is 4.00. The van der Waals surface area contributed by atoms with E-state index < -0.39 is 0 Å². The van der Waals surface area contributed by atoms with Gasteiger partial charge in [-0.2, -0.15) is 5.10 Å². The van der Waals surface area contributed by atoms with Gasteiger partial charge >= 0.3 is 0 Å². The lowest BCUT2D eigenvalue weighted by atomic mass is 10.0. The second-order valence-electron chi connectivity index (χ2n) is 6.17. The smallest absolute Gasteiger partial charge is 0.225 e. The monoisotopic (exact) mass is 329 g/mol. The minimum Gasteiger partial charge on any atom is -0.474 e. The fourth-order valence-electron chi connectivity index (χ4n) is 2.78. The van der Waals surface area contributed by atoms with Gasteiger partial charge < -0.3 is 15.2 Å². The molecule has 0 atom stereocenters. The van der Waals surface area contributed by atoms with Crippen LogP contribution in [0, 0.1) is 5.41 Å². The molecule has 7 heteroatoms. The number of aromatic nitrogens is 3. The summed E-state index contributed by atoms with van der Waals surface area (Å²) in [5, 5.41) is 13.0. The first-order valence-corrected chi connectivity index (χ1v) is 8.18. The Balaban J connectivity index is 1.88. The van der Waals surface area contributed by atoms with Crippen molar-refractivity contribution in [1.29, 1.82) is 5.41 Å². The van der Waals surface area contributed by atoms with Gasteiger partial charge in [0.25, 0.3) is 0 Å². The highest BCUT2D eigenvalue weighted by Gasteiger charge is 2.21. The molecule has 0 radical (unpaired) electrons. The quantitative estimate of drug-likeness (QED) is 0.821. The Morgan fingerprint density at radius 3 is 2.88 bits per heavy atom. The van der Waals surface area contributed by atoms with Gasteiger partial charge in [0.15, 0.2) is 0 Å². The highest BCUT2D eigenvalue weighted by atomic mass is 16.5. The van der Waals surface area contributed by atoms with E-state index in [9.17, 15) is 0 Å². The van der Waals surface area contributed by atoms with Gasteiger partial charge in [0, 0.05) is 36.9 Å². The van der Waals surface area contributed by atoms with E-state index in [1.54, 1.807) is 18.5 Å². The summed E-state index contributed by atoms with van der Waals surface area (Å²) in [6, 6.07) is 2.00. The lowest BCUT2D eigenvalue weighted by molar-refractivity contribution is 0.0662. The highest BCUT2D eigenvalue weighted by molar-refractivity contribution is 6.15. The molecule has 0 bridgehead atoms. The van der Waals surface area contributed by atoms with E-state index >= 15 is 0 Å². The number of hydrogen-bond acceptors (Lipinski definition) is 6. The van der Waals surface area contributed by atoms with E-state index in [2.05, 4.69) is 10.1 Å². The SMILES string of the molecule is CC(C)Oc1nccc(N)c1C(=N)c1cnn(C2CCOCC2)c1. The van der Waals surface area contributed by atoms with Crippen LogP contribution in [0.15, 0.2) is 24.7 Å². The molecule has 3 rings (SSSR count). The molecule has 128 valence electrons. The van der Waals surface area contributed by atoms with Crippen LogP contribution in [0.1, 0.15) is 43.9 Å². The second kappa shape index (κ2) is 7.00. The predicted octanol–water partition coefficient (Wildman–Crippen LogP) is 2.42. The zero-order valence-corrected chi connectivity index (χ0v) is 14.0. The summed E-state index contributed by atoms with van der Waals surface area (Å²) in [5.74, 6) is 0.383. The Labute approximate surface area is 141 Å². The molecule has 1 aliphatic heterocycles. The molecule has 24 heavy (non-hydrogen) atoms. The lowest BCUT2D eigenvalue weighted by Gasteiger charge is -2.22. The van der Waals surface area contributed by atoms with Gasteiger partial charge in [-0.25, -0.2) is 4.98 Å². The first kappa shape index (κ1) is 16.4. The van der Waals surface area contributed by atoms with Crippen LogP contribution >= 0.6 is 0 Å². The first-order chi connectivity index (χ1) is 11.6. The number of hydrogen-bond donors (Lipinski definition) is 2. The van der Waals surface area contributed by atoms with Crippen molar-refractivity contribution in [3.63, 3.8) is 0 Å². The fraction of sp³-hybridized carbons (Fsp3) is 0.471. The van der Waals surface area contributed by atoms with Crippen LogP contribution < -0.4 is 10.5 Å². The molecule has 2 aromatic heterocycles. The molecule has 0 unspecified atom stereocenters. The third-order valence-corrected chi connectivity index (χ3v) is 4.00. The first-order valence-electron chi connectivity index (χ1n) is 8.18. The van der Waals surface area contributed by atoms with Gasteiger partial charge in [-0.3, -0.25) is 10.1 Å². The third kappa shape index (κ3) is 3.41. The van der Waals surface area contributed by atoms with Gasteiger partial charge in [0.05, 0.1) is 29.6 Å². The molecular formula is C17H23N5O2. The Morgan fingerprint density at radius 2 is 2.17 bits per heavy atom. The van der Waals surface area contributed by atoms with Gasteiger partial charge in [0.2, 0.25) is 5.88 Å². The van der Waals surface area contributed by atoms with Crippen LogP contribution in [0.4, 0.5) is 5.69 Å². The average Bonchev–Trinajstić information content (AvgIpc) is 3.05. The van der Waals surface area contributed by atoms with Gasteiger partial charge in [-0.05, 0) is 32.8 Å². The van der Waals surface area contributed by atoms with E-state index in [1.807, 2.05) is 24.7 Å². The van der Waals surface area contributed by atoms with Crippen LogP contribution in [-0.2, 0) is 4.74 Å². The minimum absolute atomic E-state index is 0.0455. The molecular weight excluding hydrogens is 306 g/mol. The van der Waals surface area contributed by atoms with Crippen molar-refractivity contribution in [3.8, 4) is 5.88 Å². The van der Waals surface area contributed by atoms with Crippen LogP contribution in [0.5, 0.6) is 5.88 Å². The second-order valence-corrected chi connectivity index (χ2v) is 6.17. The van der Waals surface area contributed by atoms with E-state index in [0.29, 0.717) is 28.7 Å². The largest absolute Gasteiger partial charge is 0.474 e. The molecule has 3 heterocycles. The number of anilines is 1. The van der Waals surface area contributed by atoms with Crippen LogP contribution in [0.3, 0.4) is 0 Å². The zero-order valence-electron chi connectivity index (χ0n) is 14.0. The summed E-state index contributed by atoms with van der Waals surface area (Å²) in [4.78, 5) is 4.24. The van der Waals surface area contributed by atoms with Crippen molar-refractivity contribution in [2.24, 2.45) is 0 Å². The number of pyridine rings is 1. The van der Waals surface area contributed by atoms with E-state index in [1.165, 1.54) is 0 Å². The summed E-state index contributed by atoms with van der Waals surface area (Å²) in [7, 11) is 0. The molecule has 0 spiro atoms. The summed E-state index contributed by atoms with van der Waals surface area (Å²) >= 11 is 0. The van der Waals surface area contributed by atoms with Crippen molar-refractivity contribution in [3.05, 3.63) is 35.8 Å². The molecule has 1 fully saturated rings. The number of nitrogens with two attached hydrogens (primary N) is 1. The van der Waals surface area contributed by atoms with Crippen LogP contribution in [0.2, 0.25) is 0 Å². The molecule has 0 aromatic carbocycles. The lowest BCUT2D eigenvalue weighted by Crippen LogP contribution is -2.20. The van der Waals surface area contributed by atoms with Crippen LogP contribution in [0.25, 0.3) is 0 Å². The summed E-state index contributed by atoms with van der Waals surface area (Å²) < 4.78 is 13.0. The molecule has 0 saturated carbocycles. The van der Waals surface area contributed by atoms with Gasteiger partial charge in [-0.1, -0.05) is 0 Å². The van der Waals surface area contributed by atoms with Crippen molar-refractivity contribution in [1.82, 2.24) is 14.8 Å². The Hall–Kier alpha value is -2.41. The summed E-state index contributed by atoms with van der Waals surface area (Å²) in [6.45, 7) is 5.33. The number of nitrogens with zero attached hydrogens (tertiary/aromatic N) is 3. The summed E-state index contributed by atoms with van der Waals surface area (Å²) in [6.07, 6.45) is 7.01.